The van der Waals surface area contributed by atoms with Crippen LogP contribution in [0.2, 0.25) is 0 Å². The number of hydrogen-bond donors (Lipinski definition) is 2. The molecule has 0 spiro atoms. The van der Waals surface area contributed by atoms with Crippen LogP contribution in [-0.4, -0.2) is 28.9 Å². The van der Waals surface area contributed by atoms with Gasteiger partial charge in [-0.3, -0.25) is 24.5 Å². The van der Waals surface area contributed by atoms with Gasteiger partial charge in [0, 0.05) is 41.3 Å². The van der Waals surface area contributed by atoms with E-state index in [9.17, 15) is 18.8 Å². The lowest BCUT2D eigenvalue weighted by Crippen LogP contribution is -2.28. The molecule has 1 atom stereocenters. The van der Waals surface area contributed by atoms with E-state index in [2.05, 4.69) is 10.7 Å². The smallest absolute Gasteiger partial charge is 0.270 e. The Balaban J connectivity index is 1.37. The average molecular weight is 434 g/mol. The van der Waals surface area contributed by atoms with Crippen LogP contribution in [0.3, 0.4) is 0 Å². The number of hydrogen-bond acceptors (Lipinski definition) is 3. The Labute approximate surface area is 184 Å². The molecule has 0 unspecified atom stereocenters. The SMILES string of the molecule is Cc1ccc(C)n1NC(=O)c1ccc(NC(=O)[C@H]2CC(=O)N(c3ccc(F)cc3)C2)cc1. The van der Waals surface area contributed by atoms with Gasteiger partial charge in [0.05, 0.1) is 5.92 Å². The quantitative estimate of drug-likeness (QED) is 0.643. The van der Waals surface area contributed by atoms with Gasteiger partial charge in [0.25, 0.3) is 5.91 Å². The third-order valence-electron chi connectivity index (χ3n) is 5.53. The second-order valence-electron chi connectivity index (χ2n) is 7.84. The maximum atomic E-state index is 13.1. The highest BCUT2D eigenvalue weighted by Gasteiger charge is 2.35. The zero-order chi connectivity index (χ0) is 22.8. The summed E-state index contributed by atoms with van der Waals surface area (Å²) in [5.74, 6) is -1.62. The first-order valence-corrected chi connectivity index (χ1v) is 10.2. The lowest BCUT2D eigenvalue weighted by atomic mass is 10.1. The molecule has 0 saturated carbocycles. The second-order valence-corrected chi connectivity index (χ2v) is 7.84. The number of amides is 3. The molecule has 1 aliphatic heterocycles. The van der Waals surface area contributed by atoms with Crippen molar-refractivity contribution in [1.82, 2.24) is 4.68 Å². The predicted molar refractivity (Wildman–Crippen MR) is 120 cm³/mol. The van der Waals surface area contributed by atoms with Crippen LogP contribution in [-0.2, 0) is 9.59 Å². The van der Waals surface area contributed by atoms with Crippen LogP contribution in [0.1, 0.15) is 28.2 Å². The maximum Gasteiger partial charge on any atom is 0.270 e. The van der Waals surface area contributed by atoms with Gasteiger partial charge in [-0.15, -0.1) is 0 Å². The summed E-state index contributed by atoms with van der Waals surface area (Å²) in [6.45, 7) is 4.03. The minimum Gasteiger partial charge on any atom is -0.326 e. The third-order valence-corrected chi connectivity index (χ3v) is 5.53. The monoisotopic (exact) mass is 434 g/mol. The molecule has 1 aliphatic rings. The Morgan fingerprint density at radius 2 is 1.56 bits per heavy atom. The molecule has 32 heavy (non-hydrogen) atoms. The summed E-state index contributed by atoms with van der Waals surface area (Å²) in [5.41, 5.74) is 6.22. The van der Waals surface area contributed by atoms with E-state index >= 15 is 0 Å². The van der Waals surface area contributed by atoms with E-state index in [1.54, 1.807) is 28.9 Å². The molecule has 3 aromatic rings. The molecule has 3 amide bonds. The normalized spacial score (nSPS) is 15.7. The van der Waals surface area contributed by atoms with Gasteiger partial charge in [-0.05, 0) is 74.5 Å². The molecule has 4 rings (SSSR count). The van der Waals surface area contributed by atoms with Gasteiger partial charge < -0.3 is 10.2 Å². The highest BCUT2D eigenvalue weighted by molar-refractivity contribution is 6.04. The van der Waals surface area contributed by atoms with Crippen molar-refractivity contribution in [1.29, 1.82) is 0 Å². The molecule has 1 fully saturated rings. The summed E-state index contributed by atoms with van der Waals surface area (Å²) in [6.07, 6.45) is 0.0826. The predicted octanol–water partition coefficient (Wildman–Crippen LogP) is 3.62. The van der Waals surface area contributed by atoms with E-state index in [0.29, 0.717) is 16.9 Å². The number of nitrogens with one attached hydrogen (secondary N) is 2. The highest BCUT2D eigenvalue weighted by atomic mass is 19.1. The van der Waals surface area contributed by atoms with Crippen molar-refractivity contribution in [3.8, 4) is 0 Å². The van der Waals surface area contributed by atoms with Gasteiger partial charge in [0.1, 0.15) is 5.82 Å². The standard InChI is InChI=1S/C24H23FN4O3/c1-15-3-4-16(2)29(15)27-24(32)17-5-9-20(10-6-17)26-23(31)18-13-22(30)28(14-18)21-11-7-19(25)8-12-21/h3-12,18H,13-14H2,1-2H3,(H,26,31)(H,27,32)/t18-/m0/s1. The molecule has 1 aromatic heterocycles. The van der Waals surface area contributed by atoms with E-state index in [0.717, 1.165) is 11.4 Å². The number of halogens is 1. The highest BCUT2D eigenvalue weighted by Crippen LogP contribution is 2.26. The molecule has 0 radical (unpaired) electrons. The Morgan fingerprint density at radius 1 is 0.938 bits per heavy atom. The van der Waals surface area contributed by atoms with Crippen molar-refractivity contribution in [2.75, 3.05) is 22.2 Å². The molecule has 2 heterocycles. The zero-order valence-corrected chi connectivity index (χ0v) is 17.8. The average Bonchev–Trinajstić information content (AvgIpc) is 3.32. The van der Waals surface area contributed by atoms with Gasteiger partial charge in [-0.1, -0.05) is 0 Å². The molecule has 0 bridgehead atoms. The topological polar surface area (TPSA) is 83.4 Å². The summed E-state index contributed by atoms with van der Waals surface area (Å²) in [6, 6.07) is 16.0. The lowest BCUT2D eigenvalue weighted by molar-refractivity contribution is -0.122. The number of benzene rings is 2. The molecule has 1 saturated heterocycles. The van der Waals surface area contributed by atoms with Crippen LogP contribution in [0.4, 0.5) is 15.8 Å². The molecule has 7 nitrogen and oxygen atoms in total. The summed E-state index contributed by atoms with van der Waals surface area (Å²) >= 11 is 0. The molecule has 0 aliphatic carbocycles. The fourth-order valence-electron chi connectivity index (χ4n) is 3.71. The summed E-state index contributed by atoms with van der Waals surface area (Å²) in [7, 11) is 0. The Kier molecular flexibility index (Phi) is 5.77. The first kappa shape index (κ1) is 21.3. The minimum absolute atomic E-state index is 0.0826. The van der Waals surface area contributed by atoms with Crippen LogP contribution in [0.15, 0.2) is 60.7 Å². The van der Waals surface area contributed by atoms with E-state index in [1.807, 2.05) is 26.0 Å². The molecular formula is C24H23FN4O3. The second kappa shape index (κ2) is 8.66. The first-order valence-electron chi connectivity index (χ1n) is 10.2. The number of carbonyl (C=O) groups excluding carboxylic acids is 3. The van der Waals surface area contributed by atoms with Crippen molar-refractivity contribution >= 4 is 29.1 Å². The van der Waals surface area contributed by atoms with Crippen molar-refractivity contribution in [2.45, 2.75) is 20.3 Å². The zero-order valence-electron chi connectivity index (χ0n) is 17.8. The number of anilines is 2. The Bertz CT molecular complexity index is 1150. The summed E-state index contributed by atoms with van der Waals surface area (Å²) in [5, 5.41) is 2.80. The van der Waals surface area contributed by atoms with Crippen molar-refractivity contribution < 1.29 is 18.8 Å². The fraction of sp³-hybridized carbons (Fsp3) is 0.208. The van der Waals surface area contributed by atoms with Crippen LogP contribution in [0.25, 0.3) is 0 Å². The van der Waals surface area contributed by atoms with Gasteiger partial charge in [0.15, 0.2) is 0 Å². The molecule has 2 aromatic carbocycles. The summed E-state index contributed by atoms with van der Waals surface area (Å²) in [4.78, 5) is 39.0. The van der Waals surface area contributed by atoms with Gasteiger partial charge in [-0.2, -0.15) is 0 Å². The fourth-order valence-corrected chi connectivity index (χ4v) is 3.71. The summed E-state index contributed by atoms with van der Waals surface area (Å²) < 4.78 is 14.8. The van der Waals surface area contributed by atoms with Crippen LogP contribution < -0.4 is 15.6 Å². The van der Waals surface area contributed by atoms with E-state index < -0.39 is 5.92 Å². The minimum atomic E-state index is -0.518. The molecule has 8 heteroatoms. The lowest BCUT2D eigenvalue weighted by Gasteiger charge is -2.16. The Hall–Kier alpha value is -3.94. The molecule has 164 valence electrons. The van der Waals surface area contributed by atoms with Gasteiger partial charge in [0.2, 0.25) is 11.8 Å². The first-order chi connectivity index (χ1) is 15.3. The molecular weight excluding hydrogens is 411 g/mol. The van der Waals surface area contributed by atoms with E-state index in [4.69, 9.17) is 0 Å². The van der Waals surface area contributed by atoms with E-state index in [1.165, 1.54) is 29.2 Å². The number of aromatic nitrogens is 1. The van der Waals surface area contributed by atoms with Gasteiger partial charge >= 0.3 is 0 Å². The van der Waals surface area contributed by atoms with Crippen molar-refractivity contribution in [3.05, 3.63) is 83.4 Å². The van der Waals surface area contributed by atoms with Crippen LogP contribution in [0.5, 0.6) is 0 Å². The third kappa shape index (κ3) is 4.39. The van der Waals surface area contributed by atoms with E-state index in [-0.39, 0.29) is 36.5 Å². The van der Waals surface area contributed by atoms with Crippen LogP contribution >= 0.6 is 0 Å². The number of aryl methyl sites for hydroxylation is 2. The Morgan fingerprint density at radius 3 is 2.19 bits per heavy atom. The number of carbonyl (C=O) groups is 3. The largest absolute Gasteiger partial charge is 0.326 e. The van der Waals surface area contributed by atoms with Gasteiger partial charge in [-0.25, -0.2) is 4.39 Å². The number of nitrogens with zero attached hydrogens (tertiary/aromatic N) is 2. The van der Waals surface area contributed by atoms with Crippen LogP contribution in [0, 0.1) is 25.6 Å². The van der Waals surface area contributed by atoms with Crippen molar-refractivity contribution in [2.24, 2.45) is 5.92 Å². The van der Waals surface area contributed by atoms with Crippen molar-refractivity contribution in [3.63, 3.8) is 0 Å². The molecule has 2 N–H and O–H groups in total. The maximum absolute atomic E-state index is 13.1. The number of rotatable bonds is 5.